The largest absolute Gasteiger partial charge is 0.478 e. The molecule has 0 unspecified atom stereocenters. The van der Waals surface area contributed by atoms with E-state index in [2.05, 4.69) is 67.2 Å². The highest BCUT2D eigenvalue weighted by Gasteiger charge is 2.16. The molecule has 0 fully saturated rings. The predicted molar refractivity (Wildman–Crippen MR) is 132 cm³/mol. The van der Waals surface area contributed by atoms with E-state index in [1.165, 1.54) is 26.5 Å². The summed E-state index contributed by atoms with van der Waals surface area (Å²) in [7, 11) is 2.07. The van der Waals surface area contributed by atoms with Gasteiger partial charge in [0.05, 0.1) is 12.1 Å². The van der Waals surface area contributed by atoms with Gasteiger partial charge in [-0.15, -0.1) is 11.3 Å². The molecule has 0 aliphatic rings. The lowest BCUT2D eigenvalue weighted by Crippen LogP contribution is -2.27. The number of carboxylic acids is 1. The first-order chi connectivity index (χ1) is 14.7. The number of thiophene rings is 1. The lowest BCUT2D eigenvalue weighted by molar-refractivity contribution is 0.0697. The van der Waals surface area contributed by atoms with Gasteiger partial charge in [-0.05, 0) is 86.6 Å². The maximum Gasteiger partial charge on any atom is 0.335 e. The van der Waals surface area contributed by atoms with Gasteiger partial charge < -0.3 is 10.0 Å². The molecule has 0 atom stereocenters. The number of rotatable bonds is 9. The molecule has 162 valence electrons. The maximum absolute atomic E-state index is 11.2. The zero-order chi connectivity index (χ0) is 22.5. The number of carbonyl (C=O) groups is 1. The molecular formula is C25H28N2O2S2. The topological polar surface area (TPSA) is 43.8 Å². The molecule has 0 aliphatic carbocycles. The van der Waals surface area contributed by atoms with Crippen LogP contribution < -0.4 is 4.90 Å². The summed E-state index contributed by atoms with van der Waals surface area (Å²) < 4.78 is 2.19. The molecule has 1 N–H and O–H groups in total. The first kappa shape index (κ1) is 23.1. The standard InChI is InChI=1S/C25H28N2O2S2/c1-17-13-18(2)24(19(3)14-17)31-26(5)15-20(4)27(16-23-7-6-12-30-23)22-10-8-21(9-11-22)25(28)29/h6-14H,4,15-16H2,1-3,5H3,(H,28,29). The third-order valence-electron chi connectivity index (χ3n) is 4.96. The van der Waals surface area contributed by atoms with E-state index in [1.54, 1.807) is 35.4 Å². The minimum Gasteiger partial charge on any atom is -0.478 e. The maximum atomic E-state index is 11.2. The summed E-state index contributed by atoms with van der Waals surface area (Å²) >= 11 is 3.43. The van der Waals surface area contributed by atoms with Crippen LogP contribution in [0.1, 0.15) is 31.9 Å². The van der Waals surface area contributed by atoms with Crippen molar-refractivity contribution in [3.05, 3.63) is 93.3 Å². The van der Waals surface area contributed by atoms with E-state index in [4.69, 9.17) is 0 Å². The van der Waals surface area contributed by atoms with Crippen molar-refractivity contribution in [2.75, 3.05) is 18.5 Å². The lowest BCUT2D eigenvalue weighted by atomic mass is 10.1. The molecule has 0 saturated carbocycles. The molecule has 6 heteroatoms. The Morgan fingerprint density at radius 1 is 1.10 bits per heavy atom. The Morgan fingerprint density at radius 2 is 1.74 bits per heavy atom. The number of benzene rings is 2. The quantitative estimate of drug-likeness (QED) is 0.374. The molecule has 31 heavy (non-hydrogen) atoms. The number of anilines is 1. The number of hydrogen-bond acceptors (Lipinski definition) is 5. The number of aryl methyl sites for hydroxylation is 3. The van der Waals surface area contributed by atoms with Crippen molar-refractivity contribution in [2.45, 2.75) is 32.2 Å². The number of carboxylic acid groups (broad SMARTS) is 1. The van der Waals surface area contributed by atoms with E-state index < -0.39 is 5.97 Å². The molecular weight excluding hydrogens is 424 g/mol. The van der Waals surface area contributed by atoms with Gasteiger partial charge in [-0.25, -0.2) is 9.10 Å². The highest BCUT2D eigenvalue weighted by atomic mass is 32.2. The van der Waals surface area contributed by atoms with E-state index in [0.29, 0.717) is 13.1 Å². The minimum absolute atomic E-state index is 0.281. The molecule has 0 saturated heterocycles. The molecule has 1 aromatic heterocycles. The van der Waals surface area contributed by atoms with Crippen molar-refractivity contribution in [3.63, 3.8) is 0 Å². The van der Waals surface area contributed by atoms with E-state index >= 15 is 0 Å². The second kappa shape index (κ2) is 10.2. The number of hydrogen-bond donors (Lipinski definition) is 1. The molecule has 0 amide bonds. The normalized spacial score (nSPS) is 11.0. The van der Waals surface area contributed by atoms with Crippen LogP contribution in [0, 0.1) is 20.8 Å². The van der Waals surface area contributed by atoms with Crippen molar-refractivity contribution in [3.8, 4) is 0 Å². The Labute approximate surface area is 193 Å². The van der Waals surface area contributed by atoms with Gasteiger partial charge in [-0.2, -0.15) is 0 Å². The summed E-state index contributed by atoms with van der Waals surface area (Å²) in [4.78, 5) is 15.9. The van der Waals surface area contributed by atoms with Gasteiger partial charge in [0.25, 0.3) is 0 Å². The Kier molecular flexibility index (Phi) is 7.59. The molecule has 2 aromatic carbocycles. The summed E-state index contributed by atoms with van der Waals surface area (Å²) in [6.07, 6.45) is 0. The van der Waals surface area contributed by atoms with Crippen molar-refractivity contribution in [1.82, 2.24) is 4.31 Å². The summed E-state index contributed by atoms with van der Waals surface area (Å²) in [5, 5.41) is 11.3. The Morgan fingerprint density at radius 3 is 2.29 bits per heavy atom. The zero-order valence-corrected chi connectivity index (χ0v) is 20.0. The molecule has 3 rings (SSSR count). The van der Waals surface area contributed by atoms with E-state index in [-0.39, 0.29) is 5.56 Å². The molecule has 3 aromatic rings. The van der Waals surface area contributed by atoms with Crippen LogP contribution in [0.2, 0.25) is 0 Å². The monoisotopic (exact) mass is 452 g/mol. The molecule has 0 bridgehead atoms. The third kappa shape index (κ3) is 6.00. The van der Waals surface area contributed by atoms with E-state index in [9.17, 15) is 9.90 Å². The van der Waals surface area contributed by atoms with Gasteiger partial charge in [0.1, 0.15) is 0 Å². The third-order valence-corrected chi connectivity index (χ3v) is 7.09. The molecule has 0 spiro atoms. The number of likely N-dealkylation sites (N-methyl/N-ethyl adjacent to an activating group) is 1. The Bertz CT molecular complexity index is 1040. The predicted octanol–water partition coefficient (Wildman–Crippen LogP) is 6.53. The highest BCUT2D eigenvalue weighted by Crippen LogP contribution is 2.31. The van der Waals surface area contributed by atoms with Crippen LogP contribution >= 0.6 is 23.3 Å². The SMILES string of the molecule is C=C(CN(C)Sc1c(C)cc(C)cc1C)N(Cc1cccs1)c1ccc(C(=O)O)cc1. The summed E-state index contributed by atoms with van der Waals surface area (Å²) in [6, 6.07) is 15.6. The molecule has 0 aliphatic heterocycles. The first-order valence-electron chi connectivity index (χ1n) is 10.0. The fourth-order valence-electron chi connectivity index (χ4n) is 3.57. The summed E-state index contributed by atoms with van der Waals surface area (Å²) in [6.45, 7) is 12.2. The minimum atomic E-state index is -0.921. The molecule has 4 nitrogen and oxygen atoms in total. The van der Waals surface area contributed by atoms with Crippen LogP contribution in [-0.4, -0.2) is 29.0 Å². The van der Waals surface area contributed by atoms with Gasteiger partial charge in [-0.1, -0.05) is 30.3 Å². The van der Waals surface area contributed by atoms with Crippen LogP contribution in [0.5, 0.6) is 0 Å². The van der Waals surface area contributed by atoms with E-state index in [1.807, 2.05) is 18.2 Å². The average Bonchev–Trinajstić information content (AvgIpc) is 3.22. The second-order valence-corrected chi connectivity index (χ2v) is 9.94. The van der Waals surface area contributed by atoms with Crippen molar-refractivity contribution in [1.29, 1.82) is 0 Å². The Hall–Kier alpha value is -2.54. The van der Waals surface area contributed by atoms with Crippen molar-refractivity contribution >= 4 is 34.9 Å². The molecule has 0 radical (unpaired) electrons. The fraction of sp³-hybridized carbons (Fsp3) is 0.240. The van der Waals surface area contributed by atoms with Crippen LogP contribution in [0.4, 0.5) is 5.69 Å². The van der Waals surface area contributed by atoms with Gasteiger partial charge in [0.2, 0.25) is 0 Å². The van der Waals surface area contributed by atoms with Crippen molar-refractivity contribution < 1.29 is 9.90 Å². The smallest absolute Gasteiger partial charge is 0.335 e. The first-order valence-corrected chi connectivity index (χ1v) is 11.7. The second-order valence-electron chi connectivity index (χ2n) is 7.69. The van der Waals surface area contributed by atoms with Crippen LogP contribution in [-0.2, 0) is 6.54 Å². The van der Waals surface area contributed by atoms with Gasteiger partial charge in [0, 0.05) is 27.7 Å². The Balaban J connectivity index is 1.78. The van der Waals surface area contributed by atoms with Gasteiger partial charge in [0.15, 0.2) is 0 Å². The zero-order valence-electron chi connectivity index (χ0n) is 18.4. The summed E-state index contributed by atoms with van der Waals surface area (Å²) in [5.74, 6) is -0.921. The van der Waals surface area contributed by atoms with Crippen LogP contribution in [0.3, 0.4) is 0 Å². The van der Waals surface area contributed by atoms with E-state index in [0.717, 1.165) is 11.4 Å². The lowest BCUT2D eigenvalue weighted by Gasteiger charge is -2.29. The number of nitrogens with zero attached hydrogens (tertiary/aromatic N) is 2. The van der Waals surface area contributed by atoms with Crippen LogP contribution in [0.15, 0.2) is 71.1 Å². The number of aromatic carboxylic acids is 1. The van der Waals surface area contributed by atoms with Gasteiger partial charge in [-0.3, -0.25) is 0 Å². The highest BCUT2D eigenvalue weighted by molar-refractivity contribution is 7.97. The van der Waals surface area contributed by atoms with Crippen LogP contribution in [0.25, 0.3) is 0 Å². The summed E-state index contributed by atoms with van der Waals surface area (Å²) in [5.41, 5.74) is 6.00. The van der Waals surface area contributed by atoms with Crippen molar-refractivity contribution in [2.24, 2.45) is 0 Å². The fourth-order valence-corrected chi connectivity index (χ4v) is 5.19. The molecule has 1 heterocycles. The average molecular weight is 453 g/mol. The van der Waals surface area contributed by atoms with Gasteiger partial charge >= 0.3 is 5.97 Å².